The van der Waals surface area contributed by atoms with Crippen LogP contribution in [0.25, 0.3) is 0 Å². The number of amides is 1. The van der Waals surface area contributed by atoms with Gasteiger partial charge in [-0.3, -0.25) is 4.79 Å². The van der Waals surface area contributed by atoms with Gasteiger partial charge in [-0.1, -0.05) is 29.8 Å². The molecular weight excluding hydrogens is 346 g/mol. The second-order valence-electron chi connectivity index (χ2n) is 6.77. The third-order valence-corrected chi connectivity index (χ3v) is 5.28. The molecule has 2 aromatic carbocycles. The van der Waals surface area contributed by atoms with Crippen molar-refractivity contribution in [3.05, 3.63) is 58.6 Å². The predicted molar refractivity (Wildman–Crippen MR) is 109 cm³/mol. The van der Waals surface area contributed by atoms with E-state index in [0.717, 1.165) is 31.9 Å². The van der Waals surface area contributed by atoms with Gasteiger partial charge in [-0.15, -0.1) is 0 Å². The Bertz CT molecular complexity index is 770. The van der Waals surface area contributed by atoms with Crippen molar-refractivity contribution < 1.29 is 4.79 Å². The fourth-order valence-corrected chi connectivity index (χ4v) is 3.54. The second-order valence-corrected chi connectivity index (χ2v) is 7.21. The van der Waals surface area contributed by atoms with E-state index in [-0.39, 0.29) is 5.91 Å². The van der Waals surface area contributed by atoms with E-state index in [2.05, 4.69) is 42.3 Å². The van der Waals surface area contributed by atoms with Gasteiger partial charge in [0, 0.05) is 55.5 Å². The number of carbonyl (C=O) groups is 1. The third-order valence-electron chi connectivity index (χ3n) is 5.04. The maximum Gasteiger partial charge on any atom is 0.224 e. The summed E-state index contributed by atoms with van der Waals surface area (Å²) >= 11 is 5.97. The summed E-state index contributed by atoms with van der Waals surface area (Å²) in [6.45, 7) is 8.27. The number of rotatable bonds is 5. The van der Waals surface area contributed by atoms with Gasteiger partial charge >= 0.3 is 0 Å². The Morgan fingerprint density at radius 3 is 2.54 bits per heavy atom. The minimum atomic E-state index is 0.208. The van der Waals surface area contributed by atoms with Gasteiger partial charge < -0.3 is 15.1 Å². The van der Waals surface area contributed by atoms with Crippen LogP contribution in [0.1, 0.15) is 17.5 Å². The molecular formula is C21H26ClN3O. The fraction of sp³-hybridized carbons (Fsp3) is 0.381. The molecule has 0 aromatic heterocycles. The van der Waals surface area contributed by atoms with Crippen molar-refractivity contribution in [2.75, 3.05) is 42.9 Å². The van der Waals surface area contributed by atoms with Gasteiger partial charge in [0.05, 0.1) is 0 Å². The fourth-order valence-electron chi connectivity index (χ4n) is 3.35. The third kappa shape index (κ3) is 4.50. The van der Waals surface area contributed by atoms with Crippen LogP contribution in [0.3, 0.4) is 0 Å². The lowest BCUT2D eigenvalue weighted by atomic mass is 10.1. The first-order valence-electron chi connectivity index (χ1n) is 9.13. The summed E-state index contributed by atoms with van der Waals surface area (Å²) in [5.74, 6) is 0.208. The Hall–Kier alpha value is -2.20. The van der Waals surface area contributed by atoms with Gasteiger partial charge in [-0.25, -0.2) is 0 Å². The highest BCUT2D eigenvalue weighted by Crippen LogP contribution is 2.24. The van der Waals surface area contributed by atoms with Crippen LogP contribution in [0.2, 0.25) is 5.02 Å². The van der Waals surface area contributed by atoms with Gasteiger partial charge in [0.1, 0.15) is 0 Å². The lowest BCUT2D eigenvalue weighted by Gasteiger charge is -2.37. The van der Waals surface area contributed by atoms with Crippen molar-refractivity contribution in [2.24, 2.45) is 0 Å². The molecule has 138 valence electrons. The molecule has 1 amide bonds. The quantitative estimate of drug-likeness (QED) is 0.859. The van der Waals surface area contributed by atoms with Crippen LogP contribution in [0.4, 0.5) is 11.4 Å². The number of halogens is 1. The first kappa shape index (κ1) is 18.6. The van der Waals surface area contributed by atoms with Crippen LogP contribution in [0.5, 0.6) is 0 Å². The highest BCUT2D eigenvalue weighted by Gasteiger charge is 2.21. The molecule has 1 fully saturated rings. The van der Waals surface area contributed by atoms with Crippen molar-refractivity contribution in [1.82, 2.24) is 4.90 Å². The molecule has 2 aromatic rings. The minimum Gasteiger partial charge on any atom is -0.384 e. The van der Waals surface area contributed by atoms with Gasteiger partial charge in [-0.05, 0) is 49.2 Å². The molecule has 1 N–H and O–H groups in total. The zero-order chi connectivity index (χ0) is 18.5. The Labute approximate surface area is 160 Å². The smallest absolute Gasteiger partial charge is 0.224 e. The number of anilines is 2. The van der Waals surface area contributed by atoms with E-state index in [1.54, 1.807) is 0 Å². The average Bonchev–Trinajstić information content (AvgIpc) is 2.64. The lowest BCUT2D eigenvalue weighted by molar-refractivity contribution is -0.131. The van der Waals surface area contributed by atoms with Crippen molar-refractivity contribution in [3.63, 3.8) is 0 Å². The summed E-state index contributed by atoms with van der Waals surface area (Å²) < 4.78 is 0. The molecule has 5 heteroatoms. The maximum absolute atomic E-state index is 12.5. The number of hydrogen-bond acceptors (Lipinski definition) is 3. The molecule has 0 bridgehead atoms. The SMILES string of the molecule is Cc1cccc(N2CCN(C(=O)CCNc3cccc(Cl)c3)CC2)c1C. The van der Waals surface area contributed by atoms with Crippen LogP contribution in [-0.2, 0) is 4.79 Å². The van der Waals surface area contributed by atoms with Crippen LogP contribution in [0, 0.1) is 13.8 Å². The molecule has 0 radical (unpaired) electrons. The summed E-state index contributed by atoms with van der Waals surface area (Å²) in [5, 5.41) is 3.96. The molecule has 0 unspecified atom stereocenters. The first-order chi connectivity index (χ1) is 12.5. The van der Waals surface area contributed by atoms with Crippen molar-refractivity contribution in [1.29, 1.82) is 0 Å². The van der Waals surface area contributed by atoms with E-state index in [1.165, 1.54) is 16.8 Å². The number of nitrogens with one attached hydrogen (secondary N) is 1. The van der Waals surface area contributed by atoms with E-state index in [0.29, 0.717) is 18.0 Å². The molecule has 1 aliphatic rings. The number of benzene rings is 2. The van der Waals surface area contributed by atoms with Gasteiger partial charge in [0.15, 0.2) is 0 Å². The highest BCUT2D eigenvalue weighted by atomic mass is 35.5. The Balaban J connectivity index is 1.47. The molecule has 3 rings (SSSR count). The number of carbonyl (C=O) groups excluding carboxylic acids is 1. The van der Waals surface area contributed by atoms with Crippen LogP contribution in [0.15, 0.2) is 42.5 Å². The molecule has 0 atom stereocenters. The summed E-state index contributed by atoms with van der Waals surface area (Å²) in [4.78, 5) is 16.8. The molecule has 1 saturated heterocycles. The first-order valence-corrected chi connectivity index (χ1v) is 9.51. The van der Waals surface area contributed by atoms with E-state index in [9.17, 15) is 4.79 Å². The number of aryl methyl sites for hydroxylation is 1. The van der Waals surface area contributed by atoms with Gasteiger partial charge in [0.25, 0.3) is 0 Å². The Morgan fingerprint density at radius 2 is 1.81 bits per heavy atom. The summed E-state index contributed by atoms with van der Waals surface area (Å²) in [6.07, 6.45) is 0.496. The molecule has 0 spiro atoms. The Kier molecular flexibility index (Phi) is 6.04. The van der Waals surface area contributed by atoms with Crippen LogP contribution in [-0.4, -0.2) is 43.5 Å². The van der Waals surface area contributed by atoms with Crippen molar-refractivity contribution in [3.8, 4) is 0 Å². The largest absolute Gasteiger partial charge is 0.384 e. The normalized spacial score (nSPS) is 14.4. The van der Waals surface area contributed by atoms with Crippen LogP contribution < -0.4 is 10.2 Å². The Morgan fingerprint density at radius 1 is 1.08 bits per heavy atom. The monoisotopic (exact) mass is 371 g/mol. The zero-order valence-electron chi connectivity index (χ0n) is 15.5. The van der Waals surface area contributed by atoms with Crippen LogP contribution >= 0.6 is 11.6 Å². The van der Waals surface area contributed by atoms with E-state index >= 15 is 0 Å². The molecule has 4 nitrogen and oxygen atoms in total. The predicted octanol–water partition coefficient (Wildman–Crippen LogP) is 4.11. The topological polar surface area (TPSA) is 35.6 Å². The number of piperazine rings is 1. The van der Waals surface area contributed by atoms with E-state index < -0.39 is 0 Å². The lowest BCUT2D eigenvalue weighted by Crippen LogP contribution is -2.49. The summed E-state index contributed by atoms with van der Waals surface area (Å²) in [7, 11) is 0. The standard InChI is InChI=1S/C21H26ClN3O/c1-16-5-3-8-20(17(16)2)24-11-13-25(14-12-24)21(26)9-10-23-19-7-4-6-18(22)15-19/h3-8,15,23H,9-14H2,1-2H3. The van der Waals surface area contributed by atoms with E-state index in [4.69, 9.17) is 11.6 Å². The van der Waals surface area contributed by atoms with E-state index in [1.807, 2.05) is 29.2 Å². The van der Waals surface area contributed by atoms with Gasteiger partial charge in [-0.2, -0.15) is 0 Å². The highest BCUT2D eigenvalue weighted by molar-refractivity contribution is 6.30. The maximum atomic E-state index is 12.5. The molecule has 1 aliphatic heterocycles. The van der Waals surface area contributed by atoms with Crippen molar-refractivity contribution >= 4 is 28.9 Å². The van der Waals surface area contributed by atoms with Crippen molar-refractivity contribution in [2.45, 2.75) is 20.3 Å². The molecule has 0 aliphatic carbocycles. The molecule has 26 heavy (non-hydrogen) atoms. The molecule has 0 saturated carbocycles. The average molecular weight is 372 g/mol. The second kappa shape index (κ2) is 8.45. The molecule has 1 heterocycles. The number of hydrogen-bond donors (Lipinski definition) is 1. The number of nitrogens with zero attached hydrogens (tertiary/aromatic N) is 2. The van der Waals surface area contributed by atoms with Gasteiger partial charge in [0.2, 0.25) is 5.91 Å². The summed E-state index contributed by atoms with van der Waals surface area (Å²) in [5.41, 5.74) is 4.89. The zero-order valence-corrected chi connectivity index (χ0v) is 16.2. The summed E-state index contributed by atoms with van der Waals surface area (Å²) in [6, 6.07) is 14.0. The minimum absolute atomic E-state index is 0.208.